The van der Waals surface area contributed by atoms with E-state index < -0.39 is 0 Å². The Balaban J connectivity index is 2.04. The molecule has 184 valence electrons. The average molecular weight is 435 g/mol. The minimum absolute atomic E-state index is 0.591. The lowest BCUT2D eigenvalue weighted by atomic mass is 10.0. The van der Waals surface area contributed by atoms with E-state index in [1.54, 1.807) is 0 Å². The van der Waals surface area contributed by atoms with Gasteiger partial charge in [-0.1, -0.05) is 137 Å². The summed E-state index contributed by atoms with van der Waals surface area (Å²) in [6, 6.07) is 0. The predicted octanol–water partition coefficient (Wildman–Crippen LogP) is 9.51. The minimum Gasteiger partial charge on any atom is -0.356 e. The molecule has 0 bridgehead atoms. The first-order valence-electron chi connectivity index (χ1n) is 14.4. The monoisotopic (exact) mass is 434 g/mol. The molecule has 0 aromatic rings. The summed E-state index contributed by atoms with van der Waals surface area (Å²) in [4.78, 5) is 5.25. The topological polar surface area (TPSA) is 6.48 Å². The number of rotatable bonds is 22. The van der Waals surface area contributed by atoms with Gasteiger partial charge in [-0.2, -0.15) is 0 Å². The normalized spacial score (nSPS) is 16.2. The Labute approximate surface area is 197 Å². The lowest BCUT2D eigenvalue weighted by molar-refractivity contribution is 0.104. The van der Waals surface area contributed by atoms with Gasteiger partial charge >= 0.3 is 0 Å². The standard InChI is InChI=1S/C29H58N2/c1-5-7-9-11-13-14-15-16-17-19-21-23-25-31-27-26-30(29(31)28(3)4)24-22-20-18-12-10-8-6-2/h26-29H,5-25H2,1-4H3. The molecule has 0 N–H and O–H groups in total. The summed E-state index contributed by atoms with van der Waals surface area (Å²) in [5.41, 5.74) is 0. The fourth-order valence-electron chi connectivity index (χ4n) is 5.10. The molecule has 0 saturated carbocycles. The molecule has 0 spiro atoms. The Morgan fingerprint density at radius 1 is 0.484 bits per heavy atom. The molecule has 2 heteroatoms. The van der Waals surface area contributed by atoms with Crippen LogP contribution in [0.15, 0.2) is 12.4 Å². The first kappa shape index (κ1) is 28.4. The van der Waals surface area contributed by atoms with Gasteiger partial charge in [0.15, 0.2) is 0 Å². The van der Waals surface area contributed by atoms with Crippen LogP contribution in [0.2, 0.25) is 0 Å². The molecule has 0 radical (unpaired) electrons. The highest BCUT2D eigenvalue weighted by Gasteiger charge is 2.28. The Morgan fingerprint density at radius 3 is 1.06 bits per heavy atom. The first-order chi connectivity index (χ1) is 15.2. The highest BCUT2D eigenvalue weighted by Crippen LogP contribution is 2.24. The highest BCUT2D eigenvalue weighted by atomic mass is 15.4. The van der Waals surface area contributed by atoms with Crippen LogP contribution in [0.5, 0.6) is 0 Å². The van der Waals surface area contributed by atoms with Crippen molar-refractivity contribution in [2.75, 3.05) is 13.1 Å². The summed E-state index contributed by atoms with van der Waals surface area (Å²) in [6.45, 7) is 11.9. The van der Waals surface area contributed by atoms with Crippen LogP contribution in [0.3, 0.4) is 0 Å². The Kier molecular flexibility index (Phi) is 18.3. The molecule has 1 aliphatic rings. The second-order valence-electron chi connectivity index (χ2n) is 10.4. The van der Waals surface area contributed by atoms with E-state index in [1.807, 2.05) is 0 Å². The first-order valence-corrected chi connectivity index (χ1v) is 14.4. The molecular weight excluding hydrogens is 376 g/mol. The van der Waals surface area contributed by atoms with Crippen molar-refractivity contribution in [2.24, 2.45) is 5.92 Å². The molecule has 0 aliphatic carbocycles. The maximum absolute atomic E-state index is 2.63. The lowest BCUT2D eigenvalue weighted by Crippen LogP contribution is -2.43. The number of nitrogens with zero attached hydrogens (tertiary/aromatic N) is 2. The molecule has 0 aromatic heterocycles. The van der Waals surface area contributed by atoms with E-state index in [4.69, 9.17) is 0 Å². The van der Waals surface area contributed by atoms with Gasteiger partial charge in [-0.3, -0.25) is 0 Å². The van der Waals surface area contributed by atoms with Gasteiger partial charge in [0.25, 0.3) is 0 Å². The van der Waals surface area contributed by atoms with Crippen molar-refractivity contribution in [3.63, 3.8) is 0 Å². The van der Waals surface area contributed by atoms with Gasteiger partial charge in [-0.15, -0.1) is 0 Å². The molecule has 2 nitrogen and oxygen atoms in total. The molecule has 0 aromatic carbocycles. The summed E-state index contributed by atoms with van der Waals surface area (Å²) in [6.07, 6.45) is 32.4. The van der Waals surface area contributed by atoms with Crippen LogP contribution in [0.25, 0.3) is 0 Å². The summed E-state index contributed by atoms with van der Waals surface area (Å²) in [5.74, 6) is 0.692. The Bertz CT molecular complexity index is 404. The van der Waals surface area contributed by atoms with Gasteiger partial charge < -0.3 is 9.80 Å². The molecule has 0 saturated heterocycles. The van der Waals surface area contributed by atoms with E-state index in [9.17, 15) is 0 Å². The van der Waals surface area contributed by atoms with Crippen LogP contribution < -0.4 is 0 Å². The average Bonchev–Trinajstić information content (AvgIpc) is 3.17. The van der Waals surface area contributed by atoms with Crippen molar-refractivity contribution in [3.05, 3.63) is 12.4 Å². The van der Waals surface area contributed by atoms with Crippen LogP contribution in [-0.4, -0.2) is 29.1 Å². The summed E-state index contributed by atoms with van der Waals surface area (Å²) in [5, 5.41) is 0. The van der Waals surface area contributed by atoms with E-state index in [1.165, 1.54) is 135 Å². The molecule has 31 heavy (non-hydrogen) atoms. The molecule has 1 aliphatic heterocycles. The van der Waals surface area contributed by atoms with Crippen LogP contribution in [0, 0.1) is 5.92 Å². The van der Waals surface area contributed by atoms with E-state index >= 15 is 0 Å². The largest absolute Gasteiger partial charge is 0.356 e. The fraction of sp³-hybridized carbons (Fsp3) is 0.931. The quantitative estimate of drug-likeness (QED) is 0.156. The van der Waals surface area contributed by atoms with Gasteiger partial charge in [0.05, 0.1) is 0 Å². The van der Waals surface area contributed by atoms with E-state index in [-0.39, 0.29) is 0 Å². The van der Waals surface area contributed by atoms with Gasteiger partial charge in [-0.05, 0) is 18.8 Å². The van der Waals surface area contributed by atoms with Gasteiger partial charge in [-0.25, -0.2) is 0 Å². The third-order valence-corrected chi connectivity index (χ3v) is 7.02. The van der Waals surface area contributed by atoms with Gasteiger partial charge in [0.2, 0.25) is 0 Å². The van der Waals surface area contributed by atoms with E-state index in [0.717, 1.165) is 0 Å². The number of hydrogen-bond donors (Lipinski definition) is 0. The highest BCUT2D eigenvalue weighted by molar-refractivity contribution is 4.98. The smallest absolute Gasteiger partial charge is 0.103 e. The molecular formula is C29H58N2. The van der Waals surface area contributed by atoms with Crippen molar-refractivity contribution in [2.45, 2.75) is 156 Å². The molecule has 0 fully saturated rings. The zero-order chi connectivity index (χ0) is 22.6. The second kappa shape index (κ2) is 20.0. The summed E-state index contributed by atoms with van der Waals surface area (Å²) >= 11 is 0. The van der Waals surface area contributed by atoms with Crippen molar-refractivity contribution in [1.82, 2.24) is 9.80 Å². The van der Waals surface area contributed by atoms with Crippen LogP contribution in [0.4, 0.5) is 0 Å². The van der Waals surface area contributed by atoms with Crippen LogP contribution in [0.1, 0.15) is 150 Å². The molecule has 1 rings (SSSR count). The van der Waals surface area contributed by atoms with E-state index in [2.05, 4.69) is 49.9 Å². The number of unbranched alkanes of at least 4 members (excludes halogenated alkanes) is 17. The minimum atomic E-state index is 0.591. The van der Waals surface area contributed by atoms with Crippen molar-refractivity contribution in [3.8, 4) is 0 Å². The molecule has 0 amide bonds. The van der Waals surface area contributed by atoms with Crippen molar-refractivity contribution < 1.29 is 0 Å². The SMILES string of the molecule is CCCCCCCCCCCCCCN1C=CN(CCCCCCCCC)C1C(C)C. The van der Waals surface area contributed by atoms with Crippen molar-refractivity contribution in [1.29, 1.82) is 0 Å². The zero-order valence-corrected chi connectivity index (χ0v) is 22.1. The fourth-order valence-corrected chi connectivity index (χ4v) is 5.10. The maximum atomic E-state index is 2.63. The third-order valence-electron chi connectivity index (χ3n) is 7.02. The van der Waals surface area contributed by atoms with Crippen LogP contribution in [-0.2, 0) is 0 Å². The Hall–Kier alpha value is -0.660. The lowest BCUT2D eigenvalue weighted by Gasteiger charge is -2.36. The predicted molar refractivity (Wildman–Crippen MR) is 140 cm³/mol. The number of hydrogen-bond acceptors (Lipinski definition) is 2. The zero-order valence-electron chi connectivity index (χ0n) is 22.1. The molecule has 1 atom stereocenters. The third kappa shape index (κ3) is 14.2. The Morgan fingerprint density at radius 2 is 0.774 bits per heavy atom. The van der Waals surface area contributed by atoms with Gasteiger partial charge in [0.1, 0.15) is 6.17 Å². The second-order valence-corrected chi connectivity index (χ2v) is 10.4. The summed E-state index contributed by atoms with van der Waals surface area (Å²) in [7, 11) is 0. The van der Waals surface area contributed by atoms with Crippen molar-refractivity contribution >= 4 is 0 Å². The van der Waals surface area contributed by atoms with Crippen LogP contribution >= 0.6 is 0 Å². The molecule has 1 unspecified atom stereocenters. The molecule has 1 heterocycles. The van der Waals surface area contributed by atoms with E-state index in [0.29, 0.717) is 12.1 Å². The van der Waals surface area contributed by atoms with Gasteiger partial charge in [0, 0.05) is 25.5 Å². The maximum Gasteiger partial charge on any atom is 0.103 e. The summed E-state index contributed by atoms with van der Waals surface area (Å²) < 4.78 is 0.